The topological polar surface area (TPSA) is 54.3 Å². The van der Waals surface area contributed by atoms with Crippen molar-refractivity contribution in [1.29, 1.82) is 0 Å². The van der Waals surface area contributed by atoms with Crippen LogP contribution in [0.3, 0.4) is 0 Å². The minimum Gasteiger partial charge on any atom is -0.339 e. The van der Waals surface area contributed by atoms with Crippen LogP contribution < -0.4 is 10.9 Å². The fraction of sp³-hybridized carbons (Fsp3) is 0.625. The third-order valence-electron chi connectivity index (χ3n) is 4.53. The van der Waals surface area contributed by atoms with Crippen molar-refractivity contribution in [2.75, 3.05) is 19.6 Å². The zero-order valence-corrected chi connectivity index (χ0v) is 12.5. The normalized spacial score (nSPS) is 19.8. The van der Waals surface area contributed by atoms with Gasteiger partial charge in [-0.05, 0) is 44.2 Å². The Morgan fingerprint density at radius 3 is 2.62 bits per heavy atom. The Morgan fingerprint density at radius 2 is 2.00 bits per heavy atom. The van der Waals surface area contributed by atoms with E-state index in [9.17, 15) is 9.59 Å². The molecule has 3 rings (SSSR count). The number of hydrogen-bond donors (Lipinski definition) is 1. The molecule has 2 heterocycles. The van der Waals surface area contributed by atoms with Crippen LogP contribution in [0.2, 0.25) is 0 Å². The van der Waals surface area contributed by atoms with Gasteiger partial charge in [-0.1, -0.05) is 0 Å². The van der Waals surface area contributed by atoms with Crippen molar-refractivity contribution in [3.8, 4) is 0 Å². The van der Waals surface area contributed by atoms with Gasteiger partial charge in [-0.25, -0.2) is 0 Å². The number of nitrogens with zero attached hydrogens (tertiary/aromatic N) is 2. The molecule has 5 nitrogen and oxygen atoms in total. The lowest BCUT2D eigenvalue weighted by molar-refractivity contribution is 0.0704. The number of pyridine rings is 1. The molecule has 2 fully saturated rings. The van der Waals surface area contributed by atoms with E-state index in [1.165, 1.54) is 23.5 Å². The Hall–Kier alpha value is -1.62. The number of carbonyl (C=O) groups excluding carboxylic acids is 1. The number of amides is 1. The maximum absolute atomic E-state index is 12.4. The number of likely N-dealkylation sites (tertiary alicyclic amines) is 1. The smallest absolute Gasteiger partial charge is 0.254 e. The van der Waals surface area contributed by atoms with E-state index in [0.717, 1.165) is 38.4 Å². The number of piperidine rings is 1. The summed E-state index contributed by atoms with van der Waals surface area (Å²) in [5.74, 6) is 0.874. The fourth-order valence-corrected chi connectivity index (χ4v) is 2.81. The minimum atomic E-state index is -0.137. The lowest BCUT2D eigenvalue weighted by Gasteiger charge is -2.32. The van der Waals surface area contributed by atoms with Crippen LogP contribution >= 0.6 is 0 Å². The van der Waals surface area contributed by atoms with Gasteiger partial charge in [0, 0.05) is 44.0 Å². The summed E-state index contributed by atoms with van der Waals surface area (Å²) >= 11 is 0. The zero-order chi connectivity index (χ0) is 14.8. The predicted octanol–water partition coefficient (Wildman–Crippen LogP) is 0.989. The van der Waals surface area contributed by atoms with Crippen molar-refractivity contribution >= 4 is 5.91 Å². The maximum atomic E-state index is 12.4. The molecule has 0 atom stereocenters. The Labute approximate surface area is 124 Å². The second-order valence-corrected chi connectivity index (χ2v) is 6.28. The van der Waals surface area contributed by atoms with Gasteiger partial charge in [-0.3, -0.25) is 9.59 Å². The largest absolute Gasteiger partial charge is 0.339 e. The van der Waals surface area contributed by atoms with Crippen LogP contribution in [0.5, 0.6) is 0 Å². The summed E-state index contributed by atoms with van der Waals surface area (Å²) in [5.41, 5.74) is 0.365. The summed E-state index contributed by atoms with van der Waals surface area (Å²) in [6, 6.07) is 3.69. The van der Waals surface area contributed by atoms with Crippen molar-refractivity contribution in [2.45, 2.75) is 31.7 Å². The molecule has 1 saturated carbocycles. The molecule has 21 heavy (non-hydrogen) atoms. The molecule has 0 unspecified atom stereocenters. The van der Waals surface area contributed by atoms with Crippen molar-refractivity contribution in [1.82, 2.24) is 14.8 Å². The number of hydrogen-bond acceptors (Lipinski definition) is 3. The van der Waals surface area contributed by atoms with Gasteiger partial charge in [0.1, 0.15) is 0 Å². The number of aryl methyl sites for hydroxylation is 1. The predicted molar refractivity (Wildman–Crippen MR) is 81.3 cm³/mol. The molecule has 1 aromatic heterocycles. The van der Waals surface area contributed by atoms with Gasteiger partial charge in [0.2, 0.25) is 0 Å². The standard InChI is InChI=1S/C16H23N3O2/c1-18-7-4-13(10-15(18)20)16(21)19-8-5-14(6-9-19)17-11-12-2-3-12/h4,7,10,12,14,17H,2-3,5-6,8-9,11H2,1H3. The van der Waals surface area contributed by atoms with Crippen LogP contribution in [-0.2, 0) is 7.05 Å². The summed E-state index contributed by atoms with van der Waals surface area (Å²) in [6.07, 6.45) is 6.40. The van der Waals surface area contributed by atoms with Gasteiger partial charge in [-0.15, -0.1) is 0 Å². The highest BCUT2D eigenvalue weighted by Crippen LogP contribution is 2.28. The SMILES string of the molecule is Cn1ccc(C(=O)N2CCC(NCC3CC3)CC2)cc1=O. The van der Waals surface area contributed by atoms with Crippen molar-refractivity contribution < 1.29 is 4.79 Å². The monoisotopic (exact) mass is 289 g/mol. The molecular weight excluding hydrogens is 266 g/mol. The fourth-order valence-electron chi connectivity index (χ4n) is 2.81. The van der Waals surface area contributed by atoms with Gasteiger partial charge >= 0.3 is 0 Å². The number of aromatic nitrogens is 1. The first-order chi connectivity index (χ1) is 10.1. The van der Waals surface area contributed by atoms with E-state index in [2.05, 4.69) is 5.32 Å². The van der Waals surface area contributed by atoms with Gasteiger partial charge in [0.05, 0.1) is 0 Å². The van der Waals surface area contributed by atoms with Crippen LogP contribution in [0.4, 0.5) is 0 Å². The van der Waals surface area contributed by atoms with Gasteiger partial charge < -0.3 is 14.8 Å². The molecule has 1 saturated heterocycles. The molecule has 0 aromatic carbocycles. The summed E-state index contributed by atoms with van der Waals surface area (Å²) in [5, 5.41) is 3.61. The first-order valence-electron chi connectivity index (χ1n) is 7.83. The Balaban J connectivity index is 1.54. The Bertz CT molecular complexity index is 569. The molecule has 1 aliphatic heterocycles. The summed E-state index contributed by atoms with van der Waals surface area (Å²) in [7, 11) is 1.69. The van der Waals surface area contributed by atoms with E-state index in [-0.39, 0.29) is 11.5 Å². The van der Waals surface area contributed by atoms with Crippen LogP contribution in [0.25, 0.3) is 0 Å². The molecule has 0 radical (unpaired) electrons. The third-order valence-corrected chi connectivity index (χ3v) is 4.53. The molecule has 5 heteroatoms. The molecular formula is C16H23N3O2. The van der Waals surface area contributed by atoms with E-state index in [0.29, 0.717) is 11.6 Å². The molecule has 114 valence electrons. The maximum Gasteiger partial charge on any atom is 0.254 e. The third kappa shape index (κ3) is 3.53. The van der Waals surface area contributed by atoms with E-state index < -0.39 is 0 Å². The van der Waals surface area contributed by atoms with Gasteiger partial charge in [-0.2, -0.15) is 0 Å². The molecule has 1 amide bonds. The average molecular weight is 289 g/mol. The summed E-state index contributed by atoms with van der Waals surface area (Å²) in [4.78, 5) is 25.9. The first-order valence-corrected chi connectivity index (χ1v) is 7.83. The Morgan fingerprint density at radius 1 is 1.29 bits per heavy atom. The van der Waals surface area contributed by atoms with E-state index in [1.54, 1.807) is 19.3 Å². The van der Waals surface area contributed by atoms with Crippen LogP contribution in [0.15, 0.2) is 23.1 Å². The molecule has 1 aromatic rings. The van der Waals surface area contributed by atoms with Crippen LogP contribution in [0, 0.1) is 5.92 Å². The highest BCUT2D eigenvalue weighted by atomic mass is 16.2. The number of rotatable bonds is 4. The summed E-state index contributed by atoms with van der Waals surface area (Å²) < 4.78 is 1.48. The van der Waals surface area contributed by atoms with Crippen LogP contribution in [0.1, 0.15) is 36.0 Å². The molecule has 0 bridgehead atoms. The molecule has 0 spiro atoms. The second-order valence-electron chi connectivity index (χ2n) is 6.28. The molecule has 1 aliphatic carbocycles. The van der Waals surface area contributed by atoms with Crippen LogP contribution in [-0.4, -0.2) is 41.1 Å². The second kappa shape index (κ2) is 6.02. The van der Waals surface area contributed by atoms with Crippen molar-refractivity contribution in [2.24, 2.45) is 13.0 Å². The van der Waals surface area contributed by atoms with Crippen molar-refractivity contribution in [3.05, 3.63) is 34.2 Å². The average Bonchev–Trinajstić information content (AvgIpc) is 3.32. The first kappa shape index (κ1) is 14.3. The highest BCUT2D eigenvalue weighted by molar-refractivity contribution is 5.94. The van der Waals surface area contributed by atoms with E-state index >= 15 is 0 Å². The molecule has 1 N–H and O–H groups in total. The minimum absolute atomic E-state index is 0.0201. The highest BCUT2D eigenvalue weighted by Gasteiger charge is 2.26. The summed E-state index contributed by atoms with van der Waals surface area (Å²) in [6.45, 7) is 2.68. The van der Waals surface area contributed by atoms with Gasteiger partial charge in [0.25, 0.3) is 11.5 Å². The molecule has 2 aliphatic rings. The lowest BCUT2D eigenvalue weighted by atomic mass is 10.0. The zero-order valence-electron chi connectivity index (χ0n) is 12.5. The lowest BCUT2D eigenvalue weighted by Crippen LogP contribution is -2.45. The van der Waals surface area contributed by atoms with Crippen molar-refractivity contribution in [3.63, 3.8) is 0 Å². The van der Waals surface area contributed by atoms with Gasteiger partial charge in [0.15, 0.2) is 0 Å². The number of carbonyl (C=O) groups is 1. The van der Waals surface area contributed by atoms with E-state index in [1.807, 2.05) is 4.90 Å². The Kier molecular flexibility index (Phi) is 4.10. The number of nitrogens with one attached hydrogen (secondary N) is 1. The van der Waals surface area contributed by atoms with E-state index in [4.69, 9.17) is 0 Å². The quantitative estimate of drug-likeness (QED) is 0.899.